The van der Waals surface area contributed by atoms with Gasteiger partial charge in [-0.1, -0.05) is 0 Å². The molecule has 0 saturated carbocycles. The zero-order valence-electron chi connectivity index (χ0n) is 9.93. The highest BCUT2D eigenvalue weighted by molar-refractivity contribution is 7.80. The maximum Gasteiger partial charge on any atom is 0.253 e. The lowest BCUT2D eigenvalue weighted by molar-refractivity contribution is 0.0775. The van der Waals surface area contributed by atoms with Crippen molar-refractivity contribution in [3.8, 4) is 0 Å². The molecule has 1 fully saturated rings. The third-order valence-electron chi connectivity index (χ3n) is 3.09. The average molecular weight is 251 g/mol. The molecule has 1 saturated heterocycles. The highest BCUT2D eigenvalue weighted by Gasteiger charge is 2.26. The first-order valence-corrected chi connectivity index (χ1v) is 6.22. The van der Waals surface area contributed by atoms with E-state index < -0.39 is 0 Å². The van der Waals surface area contributed by atoms with Crippen LogP contribution in [-0.4, -0.2) is 37.6 Å². The summed E-state index contributed by atoms with van der Waals surface area (Å²) in [5, 5.41) is 0. The van der Waals surface area contributed by atoms with Crippen LogP contribution in [0.1, 0.15) is 16.8 Å². The summed E-state index contributed by atoms with van der Waals surface area (Å²) >= 11 is 4.21. The second-order valence-corrected chi connectivity index (χ2v) is 4.92. The molecule has 1 aromatic carbocycles. The molecule has 1 unspecified atom stereocenters. The third-order valence-corrected chi connectivity index (χ3v) is 3.39. The standard InChI is InChI=1S/C13H17NO2S/c1-16-9-10-6-7-14(8-10)13(15)11-2-4-12(17)5-3-11/h2-5,10,17H,6-9H2,1H3. The molecular formula is C13H17NO2S. The second kappa shape index (κ2) is 5.56. The minimum absolute atomic E-state index is 0.108. The summed E-state index contributed by atoms with van der Waals surface area (Å²) in [4.78, 5) is 14.9. The van der Waals surface area contributed by atoms with Gasteiger partial charge >= 0.3 is 0 Å². The van der Waals surface area contributed by atoms with Crippen molar-refractivity contribution in [2.45, 2.75) is 11.3 Å². The second-order valence-electron chi connectivity index (χ2n) is 4.41. The summed E-state index contributed by atoms with van der Waals surface area (Å²) in [6.07, 6.45) is 1.03. The lowest BCUT2D eigenvalue weighted by Crippen LogP contribution is -2.29. The van der Waals surface area contributed by atoms with Crippen molar-refractivity contribution in [1.29, 1.82) is 0 Å². The van der Waals surface area contributed by atoms with Gasteiger partial charge in [0.2, 0.25) is 0 Å². The molecule has 92 valence electrons. The summed E-state index contributed by atoms with van der Waals surface area (Å²) in [5.74, 6) is 0.588. The van der Waals surface area contributed by atoms with Crippen LogP contribution in [-0.2, 0) is 4.74 Å². The van der Waals surface area contributed by atoms with Crippen LogP contribution in [0.4, 0.5) is 0 Å². The Morgan fingerprint density at radius 2 is 2.18 bits per heavy atom. The first-order chi connectivity index (χ1) is 8.20. The van der Waals surface area contributed by atoms with E-state index in [1.54, 1.807) is 7.11 Å². The van der Waals surface area contributed by atoms with Gasteiger partial charge < -0.3 is 9.64 Å². The van der Waals surface area contributed by atoms with Gasteiger partial charge in [0.1, 0.15) is 0 Å². The van der Waals surface area contributed by atoms with Crippen LogP contribution in [0, 0.1) is 5.92 Å². The van der Waals surface area contributed by atoms with Crippen molar-refractivity contribution in [3.05, 3.63) is 29.8 Å². The maximum atomic E-state index is 12.2. The lowest BCUT2D eigenvalue weighted by Gasteiger charge is -2.16. The van der Waals surface area contributed by atoms with Crippen molar-refractivity contribution >= 4 is 18.5 Å². The van der Waals surface area contributed by atoms with Gasteiger partial charge in [-0.25, -0.2) is 0 Å². The maximum absolute atomic E-state index is 12.2. The fraction of sp³-hybridized carbons (Fsp3) is 0.462. The molecule has 4 heteroatoms. The lowest BCUT2D eigenvalue weighted by atomic mass is 10.1. The topological polar surface area (TPSA) is 29.5 Å². The summed E-state index contributed by atoms with van der Waals surface area (Å²) in [6, 6.07) is 7.35. The molecular weight excluding hydrogens is 234 g/mol. The number of ether oxygens (including phenoxy) is 1. The zero-order chi connectivity index (χ0) is 12.3. The van der Waals surface area contributed by atoms with Gasteiger partial charge in [-0.05, 0) is 30.7 Å². The van der Waals surface area contributed by atoms with E-state index in [2.05, 4.69) is 12.6 Å². The summed E-state index contributed by atoms with van der Waals surface area (Å²) in [5.41, 5.74) is 0.737. The molecule has 2 rings (SSSR count). The first kappa shape index (κ1) is 12.5. The summed E-state index contributed by atoms with van der Waals surface area (Å²) < 4.78 is 5.13. The Balaban J connectivity index is 1.99. The Bertz CT molecular complexity index is 391. The van der Waals surface area contributed by atoms with E-state index in [1.807, 2.05) is 29.2 Å². The fourth-order valence-electron chi connectivity index (χ4n) is 2.18. The van der Waals surface area contributed by atoms with Crippen molar-refractivity contribution in [2.75, 3.05) is 26.8 Å². The van der Waals surface area contributed by atoms with Gasteiger partial charge in [-0.15, -0.1) is 12.6 Å². The van der Waals surface area contributed by atoms with E-state index >= 15 is 0 Å². The third kappa shape index (κ3) is 3.01. The average Bonchev–Trinajstić information content (AvgIpc) is 2.78. The minimum Gasteiger partial charge on any atom is -0.384 e. The van der Waals surface area contributed by atoms with Crippen LogP contribution >= 0.6 is 12.6 Å². The predicted molar refractivity (Wildman–Crippen MR) is 69.6 cm³/mol. The van der Waals surface area contributed by atoms with Crippen LogP contribution in [0.2, 0.25) is 0 Å². The smallest absolute Gasteiger partial charge is 0.253 e. The predicted octanol–water partition coefficient (Wildman–Crippen LogP) is 2.08. The monoisotopic (exact) mass is 251 g/mol. The first-order valence-electron chi connectivity index (χ1n) is 5.78. The molecule has 1 aliphatic heterocycles. The summed E-state index contributed by atoms with van der Waals surface area (Å²) in [7, 11) is 1.70. The van der Waals surface area contributed by atoms with Gasteiger partial charge in [-0.2, -0.15) is 0 Å². The highest BCUT2D eigenvalue weighted by atomic mass is 32.1. The van der Waals surface area contributed by atoms with E-state index in [9.17, 15) is 4.79 Å². The van der Waals surface area contributed by atoms with Crippen LogP contribution in [0.3, 0.4) is 0 Å². The number of methoxy groups -OCH3 is 1. The molecule has 17 heavy (non-hydrogen) atoms. The molecule has 1 heterocycles. The van der Waals surface area contributed by atoms with Crippen molar-refractivity contribution in [3.63, 3.8) is 0 Å². The minimum atomic E-state index is 0.108. The number of carbonyl (C=O) groups is 1. The van der Waals surface area contributed by atoms with Crippen LogP contribution in [0.5, 0.6) is 0 Å². The molecule has 0 aromatic heterocycles. The van der Waals surface area contributed by atoms with E-state index in [4.69, 9.17) is 4.74 Å². The number of rotatable bonds is 3. The van der Waals surface area contributed by atoms with Crippen molar-refractivity contribution in [2.24, 2.45) is 5.92 Å². The number of amides is 1. The Hall–Kier alpha value is -1.00. The zero-order valence-corrected chi connectivity index (χ0v) is 10.8. The fourth-order valence-corrected chi connectivity index (χ4v) is 2.32. The normalized spacial score (nSPS) is 19.6. The van der Waals surface area contributed by atoms with Gasteiger partial charge in [0.05, 0.1) is 6.61 Å². The number of thiol groups is 1. The van der Waals surface area contributed by atoms with Crippen LogP contribution in [0.25, 0.3) is 0 Å². The van der Waals surface area contributed by atoms with E-state index in [0.717, 1.165) is 36.6 Å². The number of hydrogen-bond acceptors (Lipinski definition) is 3. The molecule has 3 nitrogen and oxygen atoms in total. The highest BCUT2D eigenvalue weighted by Crippen LogP contribution is 2.19. The molecule has 1 aliphatic rings. The number of likely N-dealkylation sites (tertiary alicyclic amines) is 1. The van der Waals surface area contributed by atoms with E-state index in [-0.39, 0.29) is 5.91 Å². The Labute approximate surface area is 107 Å². The van der Waals surface area contributed by atoms with Crippen LogP contribution < -0.4 is 0 Å². The molecule has 0 N–H and O–H groups in total. The number of carbonyl (C=O) groups excluding carboxylic acids is 1. The van der Waals surface area contributed by atoms with Gasteiger partial charge in [0.25, 0.3) is 5.91 Å². The molecule has 1 aromatic rings. The molecule has 0 spiro atoms. The number of benzene rings is 1. The molecule has 1 amide bonds. The molecule has 0 aliphatic carbocycles. The Morgan fingerprint density at radius 3 is 2.82 bits per heavy atom. The van der Waals surface area contributed by atoms with E-state index in [0.29, 0.717) is 5.92 Å². The molecule has 0 bridgehead atoms. The van der Waals surface area contributed by atoms with E-state index in [1.165, 1.54) is 0 Å². The Morgan fingerprint density at radius 1 is 1.47 bits per heavy atom. The SMILES string of the molecule is COCC1CCN(C(=O)c2ccc(S)cc2)C1. The quantitative estimate of drug-likeness (QED) is 0.834. The van der Waals surface area contributed by atoms with Gasteiger partial charge in [0, 0.05) is 36.6 Å². The number of nitrogens with zero attached hydrogens (tertiary/aromatic N) is 1. The molecule has 0 radical (unpaired) electrons. The van der Waals surface area contributed by atoms with Crippen molar-refractivity contribution in [1.82, 2.24) is 4.90 Å². The number of hydrogen-bond donors (Lipinski definition) is 1. The van der Waals surface area contributed by atoms with Crippen LogP contribution in [0.15, 0.2) is 29.2 Å². The summed E-state index contributed by atoms with van der Waals surface area (Å²) in [6.45, 7) is 2.37. The largest absolute Gasteiger partial charge is 0.384 e. The Kier molecular flexibility index (Phi) is 4.07. The van der Waals surface area contributed by atoms with Gasteiger partial charge in [-0.3, -0.25) is 4.79 Å². The van der Waals surface area contributed by atoms with Crippen molar-refractivity contribution < 1.29 is 9.53 Å². The van der Waals surface area contributed by atoms with Gasteiger partial charge in [0.15, 0.2) is 0 Å². The molecule has 1 atom stereocenters.